The van der Waals surface area contributed by atoms with Crippen LogP contribution in [0.3, 0.4) is 0 Å². The fourth-order valence-corrected chi connectivity index (χ4v) is 3.07. The lowest BCUT2D eigenvalue weighted by molar-refractivity contribution is -0.385. The number of nitro benzene ring substituents is 1. The van der Waals surface area contributed by atoms with E-state index in [2.05, 4.69) is 10.3 Å². The fraction of sp³-hybridized carbons (Fsp3) is 0.0476. The minimum absolute atomic E-state index is 0.00545. The van der Waals surface area contributed by atoms with Crippen LogP contribution < -0.4 is 5.32 Å². The Labute approximate surface area is 160 Å². The summed E-state index contributed by atoms with van der Waals surface area (Å²) in [5.41, 5.74) is 2.84. The molecule has 1 amide bonds. The number of amides is 1. The summed E-state index contributed by atoms with van der Waals surface area (Å²) in [6.07, 6.45) is 1.86. The number of imidazole rings is 1. The second kappa shape index (κ2) is 6.96. The molecule has 0 radical (unpaired) electrons. The average Bonchev–Trinajstić information content (AvgIpc) is 3.06. The molecular weight excluding hydrogens is 356 g/mol. The van der Waals surface area contributed by atoms with Crippen LogP contribution in [-0.2, 0) is 0 Å². The molecule has 2 aromatic heterocycles. The van der Waals surface area contributed by atoms with Gasteiger partial charge >= 0.3 is 0 Å². The first-order chi connectivity index (χ1) is 13.5. The lowest BCUT2D eigenvalue weighted by atomic mass is 10.1. The normalized spacial score (nSPS) is 10.8. The van der Waals surface area contributed by atoms with E-state index in [-0.39, 0.29) is 11.3 Å². The molecule has 0 unspecified atom stereocenters. The van der Waals surface area contributed by atoms with E-state index in [1.54, 1.807) is 10.5 Å². The Bertz CT molecular complexity index is 1200. The number of carbonyl (C=O) groups is 1. The fourth-order valence-electron chi connectivity index (χ4n) is 3.07. The molecule has 0 aliphatic heterocycles. The number of aromatic nitrogens is 2. The van der Waals surface area contributed by atoms with E-state index >= 15 is 0 Å². The molecule has 0 saturated heterocycles. The first-order valence-electron chi connectivity index (χ1n) is 8.63. The zero-order chi connectivity index (χ0) is 19.7. The van der Waals surface area contributed by atoms with Crippen LogP contribution in [0.2, 0.25) is 0 Å². The van der Waals surface area contributed by atoms with Crippen molar-refractivity contribution in [3.8, 4) is 11.3 Å². The van der Waals surface area contributed by atoms with Crippen molar-refractivity contribution in [2.75, 3.05) is 5.32 Å². The van der Waals surface area contributed by atoms with E-state index in [1.807, 2.05) is 55.6 Å². The van der Waals surface area contributed by atoms with Crippen molar-refractivity contribution in [2.24, 2.45) is 0 Å². The summed E-state index contributed by atoms with van der Waals surface area (Å²) in [7, 11) is 0. The highest BCUT2D eigenvalue weighted by atomic mass is 16.6. The highest BCUT2D eigenvalue weighted by Crippen LogP contribution is 2.30. The minimum Gasteiger partial charge on any atom is -0.306 e. The highest BCUT2D eigenvalue weighted by molar-refractivity contribution is 6.08. The summed E-state index contributed by atoms with van der Waals surface area (Å²) in [5.74, 6) is -0.0964. The predicted octanol–water partition coefficient (Wildman–Crippen LogP) is 4.47. The number of rotatable bonds is 4. The van der Waals surface area contributed by atoms with Gasteiger partial charge in [-0.15, -0.1) is 0 Å². The maximum absolute atomic E-state index is 12.9. The van der Waals surface area contributed by atoms with Gasteiger partial charge in [-0.1, -0.05) is 48.5 Å². The molecule has 0 aliphatic rings. The van der Waals surface area contributed by atoms with E-state index < -0.39 is 10.8 Å². The van der Waals surface area contributed by atoms with Crippen LogP contribution in [0.1, 0.15) is 15.9 Å². The van der Waals surface area contributed by atoms with Crippen molar-refractivity contribution in [3.63, 3.8) is 0 Å². The zero-order valence-corrected chi connectivity index (χ0v) is 15.0. The van der Waals surface area contributed by atoms with Crippen molar-refractivity contribution in [2.45, 2.75) is 6.92 Å². The van der Waals surface area contributed by atoms with Gasteiger partial charge in [-0.3, -0.25) is 19.3 Å². The Morgan fingerprint density at radius 1 is 1.04 bits per heavy atom. The third kappa shape index (κ3) is 3.09. The molecule has 0 spiro atoms. The van der Waals surface area contributed by atoms with Crippen LogP contribution in [0.25, 0.3) is 16.9 Å². The Balaban J connectivity index is 1.85. The summed E-state index contributed by atoms with van der Waals surface area (Å²) >= 11 is 0. The van der Waals surface area contributed by atoms with Gasteiger partial charge in [-0.05, 0) is 24.6 Å². The van der Waals surface area contributed by atoms with Crippen LogP contribution in [0.4, 0.5) is 11.5 Å². The molecule has 4 aromatic rings. The lowest BCUT2D eigenvalue weighted by Gasteiger charge is -2.09. The number of anilines is 1. The Morgan fingerprint density at radius 2 is 1.75 bits per heavy atom. The van der Waals surface area contributed by atoms with Gasteiger partial charge < -0.3 is 5.32 Å². The molecule has 0 saturated carbocycles. The molecular formula is C21H16N4O3. The molecule has 2 heterocycles. The highest BCUT2D eigenvalue weighted by Gasteiger charge is 2.22. The number of aryl methyl sites for hydroxylation is 1. The van der Waals surface area contributed by atoms with Crippen LogP contribution in [0.15, 0.2) is 72.9 Å². The molecule has 0 atom stereocenters. The van der Waals surface area contributed by atoms with Crippen molar-refractivity contribution < 1.29 is 9.72 Å². The first-order valence-corrected chi connectivity index (χ1v) is 8.63. The van der Waals surface area contributed by atoms with Crippen LogP contribution in [0.5, 0.6) is 0 Å². The molecule has 2 aromatic carbocycles. The Morgan fingerprint density at radius 3 is 2.50 bits per heavy atom. The second-order valence-corrected chi connectivity index (χ2v) is 6.34. The van der Waals surface area contributed by atoms with Crippen molar-refractivity contribution in [3.05, 3.63) is 94.2 Å². The second-order valence-electron chi connectivity index (χ2n) is 6.34. The molecule has 138 valence electrons. The number of nitro groups is 1. The molecule has 1 N–H and O–H groups in total. The minimum atomic E-state index is -0.564. The van der Waals surface area contributed by atoms with E-state index in [1.165, 1.54) is 18.2 Å². The van der Waals surface area contributed by atoms with E-state index in [0.717, 1.165) is 11.1 Å². The number of fused-ring (bicyclic) bond motifs is 1. The maximum Gasteiger partial charge on any atom is 0.282 e. The summed E-state index contributed by atoms with van der Waals surface area (Å²) in [6, 6.07) is 19.1. The zero-order valence-electron chi connectivity index (χ0n) is 15.0. The standard InChI is InChI=1S/C21H16N4O3/c1-14-11-12-18-22-19(15-7-3-2-4-8-15)20(24(18)13-14)23-21(26)16-9-5-6-10-17(16)25(27)28/h2-13H,1H3,(H,23,26). The van der Waals surface area contributed by atoms with Gasteiger partial charge in [0.15, 0.2) is 0 Å². The monoisotopic (exact) mass is 372 g/mol. The molecule has 4 rings (SSSR count). The van der Waals surface area contributed by atoms with Crippen molar-refractivity contribution >= 4 is 23.1 Å². The Hall–Kier alpha value is -4.00. The number of hydrogen-bond acceptors (Lipinski definition) is 4. The van der Waals surface area contributed by atoms with Crippen molar-refractivity contribution in [1.82, 2.24) is 9.38 Å². The van der Waals surface area contributed by atoms with Gasteiger partial charge in [-0.2, -0.15) is 0 Å². The SMILES string of the molecule is Cc1ccc2nc(-c3ccccc3)c(NC(=O)c3ccccc3[N+](=O)[O-])n2c1. The molecule has 0 bridgehead atoms. The summed E-state index contributed by atoms with van der Waals surface area (Å²) in [4.78, 5) is 28.3. The third-order valence-corrected chi connectivity index (χ3v) is 4.39. The number of pyridine rings is 1. The number of carbonyl (C=O) groups excluding carboxylic acids is 1. The molecule has 28 heavy (non-hydrogen) atoms. The number of nitrogens with zero attached hydrogens (tertiary/aromatic N) is 3. The topological polar surface area (TPSA) is 89.5 Å². The molecule has 0 fully saturated rings. The summed E-state index contributed by atoms with van der Waals surface area (Å²) in [5, 5.41) is 14.1. The average molecular weight is 372 g/mol. The molecule has 7 nitrogen and oxygen atoms in total. The third-order valence-electron chi connectivity index (χ3n) is 4.39. The number of nitrogens with one attached hydrogen (secondary N) is 1. The van der Waals surface area contributed by atoms with E-state index in [0.29, 0.717) is 17.2 Å². The summed E-state index contributed by atoms with van der Waals surface area (Å²) in [6.45, 7) is 1.94. The first kappa shape index (κ1) is 17.4. The lowest BCUT2D eigenvalue weighted by Crippen LogP contribution is -2.15. The van der Waals surface area contributed by atoms with E-state index in [4.69, 9.17) is 0 Å². The molecule has 7 heteroatoms. The van der Waals surface area contributed by atoms with Crippen LogP contribution in [-0.4, -0.2) is 20.2 Å². The quantitative estimate of drug-likeness (QED) is 0.423. The van der Waals surface area contributed by atoms with Crippen molar-refractivity contribution in [1.29, 1.82) is 0 Å². The van der Waals surface area contributed by atoms with Gasteiger partial charge in [0.05, 0.1) is 4.92 Å². The van der Waals surface area contributed by atoms with E-state index in [9.17, 15) is 14.9 Å². The number of benzene rings is 2. The summed E-state index contributed by atoms with van der Waals surface area (Å²) < 4.78 is 1.78. The van der Waals surface area contributed by atoms with Crippen LogP contribution >= 0.6 is 0 Å². The van der Waals surface area contributed by atoms with Crippen LogP contribution in [0, 0.1) is 17.0 Å². The molecule has 0 aliphatic carbocycles. The van der Waals surface area contributed by atoms with Gasteiger partial charge in [0, 0.05) is 17.8 Å². The van der Waals surface area contributed by atoms with Gasteiger partial charge in [-0.25, -0.2) is 4.98 Å². The smallest absolute Gasteiger partial charge is 0.282 e. The maximum atomic E-state index is 12.9. The number of hydrogen-bond donors (Lipinski definition) is 1. The number of para-hydroxylation sites is 1. The largest absolute Gasteiger partial charge is 0.306 e. The van der Waals surface area contributed by atoms with Gasteiger partial charge in [0.2, 0.25) is 0 Å². The van der Waals surface area contributed by atoms with Gasteiger partial charge in [0.25, 0.3) is 11.6 Å². The predicted molar refractivity (Wildman–Crippen MR) is 106 cm³/mol. The Kier molecular flexibility index (Phi) is 4.33. The van der Waals surface area contributed by atoms with Gasteiger partial charge in [0.1, 0.15) is 22.7 Å².